The van der Waals surface area contributed by atoms with Gasteiger partial charge in [-0.25, -0.2) is 0 Å². The van der Waals surface area contributed by atoms with Crippen molar-refractivity contribution in [3.8, 4) is 5.75 Å². The second-order valence-electron chi connectivity index (χ2n) is 6.70. The van der Waals surface area contributed by atoms with E-state index in [-0.39, 0.29) is 11.7 Å². The third-order valence-electron chi connectivity index (χ3n) is 4.67. The maximum absolute atomic E-state index is 11.8. The van der Waals surface area contributed by atoms with Gasteiger partial charge in [-0.3, -0.25) is 14.4 Å². The van der Waals surface area contributed by atoms with Crippen molar-refractivity contribution >= 4 is 10.8 Å². The molecule has 6 heteroatoms. The molecule has 1 atom stereocenters. The third-order valence-corrected chi connectivity index (χ3v) is 4.67. The molecule has 0 aliphatic carbocycles. The minimum atomic E-state index is -0.0654. The first-order valence-corrected chi connectivity index (χ1v) is 8.65. The Morgan fingerprint density at radius 3 is 3.12 bits per heavy atom. The first-order valence-electron chi connectivity index (χ1n) is 8.65. The molecule has 0 bridgehead atoms. The summed E-state index contributed by atoms with van der Waals surface area (Å²) < 4.78 is 8.04. The predicted molar refractivity (Wildman–Crippen MR) is 96.7 cm³/mol. The number of benzene rings is 1. The van der Waals surface area contributed by atoms with Crippen LogP contribution in [0.3, 0.4) is 0 Å². The van der Waals surface area contributed by atoms with E-state index in [0.29, 0.717) is 5.39 Å². The van der Waals surface area contributed by atoms with Crippen LogP contribution in [0.4, 0.5) is 0 Å². The number of H-pyrrole nitrogens is 1. The van der Waals surface area contributed by atoms with Gasteiger partial charge in [0.25, 0.3) is 5.56 Å². The molecule has 0 amide bonds. The third kappa shape index (κ3) is 3.58. The largest absolute Gasteiger partial charge is 0.489 e. The van der Waals surface area contributed by atoms with E-state index in [4.69, 9.17) is 4.74 Å². The lowest BCUT2D eigenvalue weighted by atomic mass is 10.1. The number of aromatic nitrogens is 3. The predicted octanol–water partition coefficient (Wildman–Crippen LogP) is 2.30. The molecule has 0 radical (unpaired) electrons. The molecule has 3 heterocycles. The van der Waals surface area contributed by atoms with E-state index in [9.17, 15) is 4.79 Å². The Morgan fingerprint density at radius 1 is 1.36 bits per heavy atom. The van der Waals surface area contributed by atoms with Gasteiger partial charge in [-0.15, -0.1) is 0 Å². The summed E-state index contributed by atoms with van der Waals surface area (Å²) in [6, 6.07) is 7.57. The zero-order valence-corrected chi connectivity index (χ0v) is 14.3. The number of aromatic amines is 1. The van der Waals surface area contributed by atoms with Crippen LogP contribution in [0.25, 0.3) is 10.8 Å². The van der Waals surface area contributed by atoms with E-state index in [1.54, 1.807) is 6.20 Å². The second-order valence-corrected chi connectivity index (χ2v) is 6.70. The summed E-state index contributed by atoms with van der Waals surface area (Å²) in [4.78, 5) is 16.9. The maximum atomic E-state index is 11.8. The molecule has 0 spiro atoms. The van der Waals surface area contributed by atoms with Gasteiger partial charge in [0.1, 0.15) is 11.9 Å². The Morgan fingerprint density at radius 2 is 2.28 bits per heavy atom. The van der Waals surface area contributed by atoms with Crippen molar-refractivity contribution < 1.29 is 4.74 Å². The van der Waals surface area contributed by atoms with Gasteiger partial charge < -0.3 is 9.72 Å². The normalized spacial score (nSPS) is 18.5. The summed E-state index contributed by atoms with van der Waals surface area (Å²) in [5, 5.41) is 5.83. The smallest absolute Gasteiger partial charge is 0.255 e. The average molecular weight is 338 g/mol. The Labute approximate surface area is 146 Å². The van der Waals surface area contributed by atoms with Crippen molar-refractivity contribution in [3.05, 3.63) is 58.8 Å². The number of nitrogens with zero attached hydrogens (tertiary/aromatic N) is 3. The molecule has 1 aliphatic heterocycles. The van der Waals surface area contributed by atoms with Crippen molar-refractivity contribution in [3.63, 3.8) is 0 Å². The van der Waals surface area contributed by atoms with Gasteiger partial charge in [0.2, 0.25) is 0 Å². The molecule has 130 valence electrons. The van der Waals surface area contributed by atoms with Gasteiger partial charge in [-0.05, 0) is 49.0 Å². The summed E-state index contributed by atoms with van der Waals surface area (Å²) in [6.45, 7) is 2.89. The minimum absolute atomic E-state index is 0.0654. The molecule has 0 saturated carbocycles. The Kier molecular flexibility index (Phi) is 4.28. The molecule has 1 aliphatic rings. The van der Waals surface area contributed by atoms with E-state index in [0.717, 1.165) is 43.6 Å². The number of hydrogen-bond acceptors (Lipinski definition) is 4. The molecule has 1 N–H and O–H groups in total. The highest BCUT2D eigenvalue weighted by Crippen LogP contribution is 2.22. The Hall–Kier alpha value is -2.60. The van der Waals surface area contributed by atoms with Crippen LogP contribution >= 0.6 is 0 Å². The van der Waals surface area contributed by atoms with E-state index in [1.165, 1.54) is 5.56 Å². The molecule has 6 nitrogen and oxygen atoms in total. The van der Waals surface area contributed by atoms with Crippen LogP contribution in [0, 0.1) is 0 Å². The van der Waals surface area contributed by atoms with Gasteiger partial charge in [0.05, 0.1) is 6.20 Å². The fraction of sp³-hybridized carbons (Fsp3) is 0.368. The number of rotatable bonds is 4. The maximum Gasteiger partial charge on any atom is 0.255 e. The lowest BCUT2D eigenvalue weighted by molar-refractivity contribution is 0.0844. The molecule has 1 fully saturated rings. The van der Waals surface area contributed by atoms with E-state index >= 15 is 0 Å². The van der Waals surface area contributed by atoms with Crippen molar-refractivity contribution in [2.75, 3.05) is 13.1 Å². The molecule has 1 unspecified atom stereocenters. The number of likely N-dealkylation sites (tertiary alicyclic amines) is 1. The number of ether oxygens (including phenoxy) is 1. The molecule has 3 aromatic rings. The first-order chi connectivity index (χ1) is 12.2. The van der Waals surface area contributed by atoms with Crippen LogP contribution in [-0.2, 0) is 13.6 Å². The van der Waals surface area contributed by atoms with Gasteiger partial charge in [-0.2, -0.15) is 5.10 Å². The van der Waals surface area contributed by atoms with E-state index in [1.807, 2.05) is 42.2 Å². The first kappa shape index (κ1) is 15.9. The highest BCUT2D eigenvalue weighted by Gasteiger charge is 2.21. The van der Waals surface area contributed by atoms with Crippen LogP contribution in [-0.4, -0.2) is 38.9 Å². The number of hydrogen-bond donors (Lipinski definition) is 1. The lowest BCUT2D eigenvalue weighted by Gasteiger charge is -2.32. The zero-order chi connectivity index (χ0) is 17.2. The topological polar surface area (TPSA) is 63.1 Å². The van der Waals surface area contributed by atoms with E-state index < -0.39 is 0 Å². The number of nitrogens with one attached hydrogen (secondary N) is 1. The fourth-order valence-corrected chi connectivity index (χ4v) is 3.50. The summed E-state index contributed by atoms with van der Waals surface area (Å²) in [7, 11) is 1.94. The van der Waals surface area contributed by atoms with Crippen LogP contribution in [0.2, 0.25) is 0 Å². The molecular weight excluding hydrogens is 316 g/mol. The number of pyridine rings is 1. The number of piperidine rings is 1. The molecule has 1 aromatic carbocycles. The summed E-state index contributed by atoms with van der Waals surface area (Å²) >= 11 is 0. The zero-order valence-electron chi connectivity index (χ0n) is 14.3. The van der Waals surface area contributed by atoms with Gasteiger partial charge in [0.15, 0.2) is 0 Å². The van der Waals surface area contributed by atoms with Gasteiger partial charge in [-0.1, -0.05) is 0 Å². The Balaban J connectivity index is 1.44. The molecule has 1 saturated heterocycles. The number of aryl methyl sites for hydroxylation is 1. The second kappa shape index (κ2) is 6.72. The standard InChI is InChI=1S/C19H22N4O2/c1-22-11-14(10-21-22)12-23-8-2-3-17(13-23)25-16-4-5-18-15(9-16)6-7-20-19(18)24/h4-7,9-11,17H,2-3,8,12-13H2,1H3,(H,20,24). The van der Waals surface area contributed by atoms with E-state index in [2.05, 4.69) is 21.2 Å². The van der Waals surface area contributed by atoms with Crippen LogP contribution in [0.5, 0.6) is 5.75 Å². The highest BCUT2D eigenvalue weighted by molar-refractivity contribution is 5.82. The van der Waals surface area contributed by atoms with Crippen molar-refractivity contribution in [2.24, 2.45) is 7.05 Å². The summed E-state index contributed by atoms with van der Waals surface area (Å²) in [5.74, 6) is 0.825. The molecule has 4 rings (SSSR count). The quantitative estimate of drug-likeness (QED) is 0.793. The molecule has 25 heavy (non-hydrogen) atoms. The van der Waals surface area contributed by atoms with Crippen molar-refractivity contribution in [2.45, 2.75) is 25.5 Å². The number of fused-ring (bicyclic) bond motifs is 1. The molecular formula is C19H22N4O2. The summed E-state index contributed by atoms with van der Waals surface area (Å²) in [5.41, 5.74) is 1.16. The van der Waals surface area contributed by atoms with Crippen molar-refractivity contribution in [1.82, 2.24) is 19.7 Å². The Bertz CT molecular complexity index is 930. The average Bonchev–Trinajstić information content (AvgIpc) is 3.00. The fourth-order valence-electron chi connectivity index (χ4n) is 3.50. The van der Waals surface area contributed by atoms with Crippen LogP contribution in [0.1, 0.15) is 18.4 Å². The molecule has 2 aromatic heterocycles. The minimum Gasteiger partial charge on any atom is -0.489 e. The van der Waals surface area contributed by atoms with Crippen LogP contribution < -0.4 is 10.3 Å². The van der Waals surface area contributed by atoms with Crippen LogP contribution in [0.15, 0.2) is 47.7 Å². The monoisotopic (exact) mass is 338 g/mol. The van der Waals surface area contributed by atoms with Crippen molar-refractivity contribution in [1.29, 1.82) is 0 Å². The summed E-state index contributed by atoms with van der Waals surface area (Å²) in [6.07, 6.45) is 8.00. The van der Waals surface area contributed by atoms with Gasteiger partial charge in [0, 0.05) is 43.5 Å². The van der Waals surface area contributed by atoms with Gasteiger partial charge >= 0.3 is 0 Å². The highest BCUT2D eigenvalue weighted by atomic mass is 16.5. The lowest BCUT2D eigenvalue weighted by Crippen LogP contribution is -2.40. The SMILES string of the molecule is Cn1cc(CN2CCCC(Oc3ccc4c(=O)[nH]ccc4c3)C2)cn1.